The molecule has 21 heavy (non-hydrogen) atoms. The van der Waals surface area contributed by atoms with Gasteiger partial charge in [0.1, 0.15) is 0 Å². The van der Waals surface area contributed by atoms with E-state index in [1.165, 1.54) is 0 Å². The zero-order valence-electron chi connectivity index (χ0n) is 11.4. The lowest BCUT2D eigenvalue weighted by Crippen LogP contribution is -2.01. The molecule has 0 spiro atoms. The molecule has 4 nitrogen and oxygen atoms in total. The van der Waals surface area contributed by atoms with E-state index >= 15 is 0 Å². The SMILES string of the molecule is c1ccc(-n2ccc(Cn3cnc4ccccc43)n2)cc1. The van der Waals surface area contributed by atoms with E-state index in [1.54, 1.807) is 0 Å². The average molecular weight is 274 g/mol. The number of imidazole rings is 1. The normalized spacial score (nSPS) is 11.0. The highest BCUT2D eigenvalue weighted by atomic mass is 15.3. The maximum absolute atomic E-state index is 4.63. The summed E-state index contributed by atoms with van der Waals surface area (Å²) in [6, 6.07) is 20.3. The summed E-state index contributed by atoms with van der Waals surface area (Å²) < 4.78 is 4.02. The van der Waals surface area contributed by atoms with E-state index in [0.717, 1.165) is 29.0 Å². The van der Waals surface area contributed by atoms with Gasteiger partial charge in [-0.05, 0) is 30.3 Å². The zero-order valence-corrected chi connectivity index (χ0v) is 11.4. The first kappa shape index (κ1) is 11.9. The van der Waals surface area contributed by atoms with E-state index in [9.17, 15) is 0 Å². The van der Waals surface area contributed by atoms with E-state index < -0.39 is 0 Å². The van der Waals surface area contributed by atoms with E-state index in [1.807, 2.05) is 71.8 Å². The van der Waals surface area contributed by atoms with Crippen LogP contribution >= 0.6 is 0 Å². The van der Waals surface area contributed by atoms with E-state index in [-0.39, 0.29) is 0 Å². The molecule has 2 heterocycles. The van der Waals surface area contributed by atoms with Crippen LogP contribution in [0.2, 0.25) is 0 Å². The number of hydrogen-bond donors (Lipinski definition) is 0. The largest absolute Gasteiger partial charge is 0.324 e. The van der Waals surface area contributed by atoms with Crippen molar-refractivity contribution in [1.82, 2.24) is 19.3 Å². The van der Waals surface area contributed by atoms with Crippen LogP contribution in [0.3, 0.4) is 0 Å². The predicted octanol–water partition coefficient (Wildman–Crippen LogP) is 3.27. The number of aromatic nitrogens is 4. The van der Waals surface area contributed by atoms with Crippen LogP contribution in [0.1, 0.15) is 5.69 Å². The van der Waals surface area contributed by atoms with Gasteiger partial charge in [-0.1, -0.05) is 30.3 Å². The van der Waals surface area contributed by atoms with Crippen LogP contribution in [-0.2, 0) is 6.54 Å². The number of rotatable bonds is 3. The molecule has 2 aromatic heterocycles. The standard InChI is InChI=1S/C17H14N4/c1-2-6-15(7-3-1)21-11-10-14(19-21)12-20-13-18-16-8-4-5-9-17(16)20/h1-11,13H,12H2. The number of hydrogen-bond acceptors (Lipinski definition) is 2. The molecule has 102 valence electrons. The third kappa shape index (κ3) is 2.21. The lowest BCUT2D eigenvalue weighted by Gasteiger charge is -2.02. The van der Waals surface area contributed by atoms with Gasteiger partial charge in [0.25, 0.3) is 0 Å². The fourth-order valence-corrected chi connectivity index (χ4v) is 2.48. The third-order valence-electron chi connectivity index (χ3n) is 3.52. The highest BCUT2D eigenvalue weighted by Crippen LogP contribution is 2.14. The molecule has 0 saturated carbocycles. The second-order valence-corrected chi connectivity index (χ2v) is 4.95. The molecule has 0 amide bonds. The molecule has 0 aliphatic heterocycles. The second kappa shape index (κ2) is 4.90. The van der Waals surface area contributed by atoms with Crippen LogP contribution < -0.4 is 0 Å². The Hall–Kier alpha value is -2.88. The van der Waals surface area contributed by atoms with Crippen molar-refractivity contribution in [3.05, 3.63) is 78.9 Å². The molecule has 4 rings (SSSR count). The number of benzene rings is 2. The van der Waals surface area contributed by atoms with Gasteiger partial charge in [-0.25, -0.2) is 9.67 Å². The quantitative estimate of drug-likeness (QED) is 0.575. The molecule has 0 N–H and O–H groups in total. The molecular formula is C17H14N4. The van der Waals surface area contributed by atoms with Crippen molar-refractivity contribution in [3.63, 3.8) is 0 Å². The Bertz CT molecular complexity index is 874. The second-order valence-electron chi connectivity index (χ2n) is 4.95. The van der Waals surface area contributed by atoms with Gasteiger partial charge in [-0.3, -0.25) is 0 Å². The molecule has 0 atom stereocenters. The Labute approximate surface area is 122 Å². The summed E-state index contributed by atoms with van der Waals surface area (Å²) in [5, 5.41) is 4.63. The fourth-order valence-electron chi connectivity index (χ4n) is 2.48. The minimum atomic E-state index is 0.723. The molecule has 0 fully saturated rings. The Balaban J connectivity index is 1.65. The van der Waals surface area contributed by atoms with E-state index in [4.69, 9.17) is 0 Å². The molecule has 0 aliphatic rings. The van der Waals surface area contributed by atoms with Gasteiger partial charge in [0, 0.05) is 6.20 Å². The van der Waals surface area contributed by atoms with Crippen molar-refractivity contribution >= 4 is 11.0 Å². The monoisotopic (exact) mass is 274 g/mol. The van der Waals surface area contributed by atoms with Crippen molar-refractivity contribution in [2.75, 3.05) is 0 Å². The summed E-state index contributed by atoms with van der Waals surface area (Å²) in [5.41, 5.74) is 4.23. The van der Waals surface area contributed by atoms with Crippen LogP contribution in [0.5, 0.6) is 0 Å². The van der Waals surface area contributed by atoms with Crippen molar-refractivity contribution < 1.29 is 0 Å². The topological polar surface area (TPSA) is 35.6 Å². The Morgan fingerprint density at radius 2 is 1.67 bits per heavy atom. The fraction of sp³-hybridized carbons (Fsp3) is 0.0588. The number of para-hydroxylation sites is 3. The van der Waals surface area contributed by atoms with Gasteiger partial charge < -0.3 is 4.57 Å². The van der Waals surface area contributed by atoms with Crippen molar-refractivity contribution in [1.29, 1.82) is 0 Å². The highest BCUT2D eigenvalue weighted by Gasteiger charge is 2.05. The zero-order chi connectivity index (χ0) is 14.1. The molecule has 0 bridgehead atoms. The molecule has 4 heteroatoms. The Kier molecular flexibility index (Phi) is 2.78. The summed E-state index contributed by atoms with van der Waals surface area (Å²) >= 11 is 0. The first-order valence-corrected chi connectivity index (χ1v) is 6.90. The van der Waals surface area contributed by atoms with E-state index in [2.05, 4.69) is 20.7 Å². The van der Waals surface area contributed by atoms with E-state index in [0.29, 0.717) is 0 Å². The van der Waals surface area contributed by atoms with Gasteiger partial charge in [0.05, 0.1) is 35.3 Å². The minimum absolute atomic E-state index is 0.723. The first-order chi connectivity index (χ1) is 10.4. The van der Waals surface area contributed by atoms with Crippen LogP contribution in [0.25, 0.3) is 16.7 Å². The Morgan fingerprint density at radius 1 is 0.857 bits per heavy atom. The predicted molar refractivity (Wildman–Crippen MR) is 82.4 cm³/mol. The van der Waals surface area contributed by atoms with Gasteiger partial charge >= 0.3 is 0 Å². The lowest BCUT2D eigenvalue weighted by molar-refractivity contribution is 0.761. The summed E-state index contributed by atoms with van der Waals surface area (Å²) in [6.07, 6.45) is 3.86. The molecule has 0 aliphatic carbocycles. The highest BCUT2D eigenvalue weighted by molar-refractivity contribution is 5.75. The molecule has 0 unspecified atom stereocenters. The maximum Gasteiger partial charge on any atom is 0.0962 e. The number of nitrogens with zero attached hydrogens (tertiary/aromatic N) is 4. The summed E-state index contributed by atoms with van der Waals surface area (Å²) in [4.78, 5) is 4.41. The van der Waals surface area contributed by atoms with Gasteiger partial charge in [-0.2, -0.15) is 5.10 Å². The minimum Gasteiger partial charge on any atom is -0.324 e. The van der Waals surface area contributed by atoms with Crippen LogP contribution in [-0.4, -0.2) is 19.3 Å². The van der Waals surface area contributed by atoms with Gasteiger partial charge in [-0.15, -0.1) is 0 Å². The summed E-state index contributed by atoms with van der Waals surface area (Å²) in [5.74, 6) is 0. The summed E-state index contributed by atoms with van der Waals surface area (Å²) in [7, 11) is 0. The van der Waals surface area contributed by atoms with Crippen LogP contribution in [0.15, 0.2) is 73.2 Å². The molecule has 0 radical (unpaired) electrons. The van der Waals surface area contributed by atoms with Crippen molar-refractivity contribution in [2.45, 2.75) is 6.54 Å². The maximum atomic E-state index is 4.63. The molecule has 2 aromatic carbocycles. The third-order valence-corrected chi connectivity index (χ3v) is 3.52. The lowest BCUT2D eigenvalue weighted by atomic mass is 10.3. The smallest absolute Gasteiger partial charge is 0.0962 e. The van der Waals surface area contributed by atoms with Gasteiger partial charge in [0.2, 0.25) is 0 Å². The Morgan fingerprint density at radius 3 is 2.57 bits per heavy atom. The average Bonchev–Trinajstić information content (AvgIpc) is 3.17. The number of fused-ring (bicyclic) bond motifs is 1. The first-order valence-electron chi connectivity index (χ1n) is 6.90. The summed E-state index contributed by atoms with van der Waals surface area (Å²) in [6.45, 7) is 0.723. The molecule has 0 saturated heterocycles. The van der Waals surface area contributed by atoms with Crippen LogP contribution in [0, 0.1) is 0 Å². The van der Waals surface area contributed by atoms with Crippen LogP contribution in [0.4, 0.5) is 0 Å². The van der Waals surface area contributed by atoms with Gasteiger partial charge in [0.15, 0.2) is 0 Å². The molecule has 4 aromatic rings. The van der Waals surface area contributed by atoms with Crippen molar-refractivity contribution in [2.24, 2.45) is 0 Å². The molecular weight excluding hydrogens is 260 g/mol. The van der Waals surface area contributed by atoms with Crippen molar-refractivity contribution in [3.8, 4) is 5.69 Å².